The molecule has 2 rings (SSSR count). The van der Waals surface area contributed by atoms with Crippen LogP contribution >= 0.6 is 0 Å². The summed E-state index contributed by atoms with van der Waals surface area (Å²) in [5, 5.41) is 2.90. The summed E-state index contributed by atoms with van der Waals surface area (Å²) in [7, 11) is 1.75. The molecular weight excluding hydrogens is 216 g/mol. The lowest BCUT2D eigenvalue weighted by atomic mass is 10.1. The third kappa shape index (κ3) is 2.46. The molecule has 0 unspecified atom stereocenters. The fourth-order valence-electron chi connectivity index (χ4n) is 2.05. The third-order valence-electron chi connectivity index (χ3n) is 3.07. The Bertz CT molecular complexity index is 456. The monoisotopic (exact) mass is 232 g/mol. The molecule has 0 bridgehead atoms. The molecule has 1 aromatic rings. The number of likely N-dealkylation sites (tertiary alicyclic amines) is 1. The summed E-state index contributed by atoms with van der Waals surface area (Å²) in [6.45, 7) is 2.50. The van der Waals surface area contributed by atoms with Crippen molar-refractivity contribution in [2.75, 3.05) is 13.6 Å². The molecule has 1 atom stereocenters. The van der Waals surface area contributed by atoms with E-state index >= 15 is 0 Å². The van der Waals surface area contributed by atoms with Crippen LogP contribution in [0.1, 0.15) is 22.3 Å². The van der Waals surface area contributed by atoms with E-state index < -0.39 is 0 Å². The highest BCUT2D eigenvalue weighted by molar-refractivity contribution is 5.96. The minimum absolute atomic E-state index is 0.0698. The highest BCUT2D eigenvalue weighted by Gasteiger charge is 2.28. The molecule has 1 heterocycles. The number of carbonyl (C=O) groups is 2. The second kappa shape index (κ2) is 4.57. The van der Waals surface area contributed by atoms with E-state index in [4.69, 9.17) is 0 Å². The largest absolute Gasteiger partial charge is 0.347 e. The van der Waals surface area contributed by atoms with Gasteiger partial charge in [-0.2, -0.15) is 0 Å². The number of likely N-dealkylation sites (N-methyl/N-ethyl adjacent to an activating group) is 1. The fraction of sp³-hybridized carbons (Fsp3) is 0.385. The van der Waals surface area contributed by atoms with Crippen LogP contribution in [0.15, 0.2) is 24.3 Å². The average molecular weight is 232 g/mol. The van der Waals surface area contributed by atoms with Gasteiger partial charge in [0.2, 0.25) is 5.91 Å². The first kappa shape index (κ1) is 11.6. The predicted molar refractivity (Wildman–Crippen MR) is 64.7 cm³/mol. The van der Waals surface area contributed by atoms with E-state index in [0.29, 0.717) is 18.5 Å². The molecule has 1 aromatic carbocycles. The van der Waals surface area contributed by atoms with Gasteiger partial charge in [0, 0.05) is 25.6 Å². The second-order valence-corrected chi connectivity index (χ2v) is 4.46. The third-order valence-corrected chi connectivity index (χ3v) is 3.07. The van der Waals surface area contributed by atoms with Crippen molar-refractivity contribution < 1.29 is 9.59 Å². The molecule has 4 heteroatoms. The van der Waals surface area contributed by atoms with Crippen LogP contribution in [0.25, 0.3) is 0 Å². The van der Waals surface area contributed by atoms with Crippen LogP contribution in [0.5, 0.6) is 0 Å². The van der Waals surface area contributed by atoms with Gasteiger partial charge in [0.15, 0.2) is 0 Å². The van der Waals surface area contributed by atoms with Gasteiger partial charge in [0.25, 0.3) is 5.91 Å². The molecule has 0 radical (unpaired) electrons. The van der Waals surface area contributed by atoms with Gasteiger partial charge >= 0.3 is 0 Å². The van der Waals surface area contributed by atoms with Crippen molar-refractivity contribution in [3.8, 4) is 0 Å². The maximum Gasteiger partial charge on any atom is 0.251 e. The Labute approximate surface area is 101 Å². The van der Waals surface area contributed by atoms with E-state index in [1.807, 2.05) is 25.1 Å². The number of hydrogen-bond donors (Lipinski definition) is 1. The zero-order valence-electron chi connectivity index (χ0n) is 10.1. The number of nitrogens with one attached hydrogen (secondary N) is 1. The minimum Gasteiger partial charge on any atom is -0.347 e. The highest BCUT2D eigenvalue weighted by atomic mass is 16.2. The van der Waals surface area contributed by atoms with Crippen LogP contribution in [-0.4, -0.2) is 36.3 Å². The Kier molecular flexibility index (Phi) is 3.13. The zero-order chi connectivity index (χ0) is 12.4. The van der Waals surface area contributed by atoms with Crippen LogP contribution in [0.4, 0.5) is 0 Å². The van der Waals surface area contributed by atoms with Gasteiger partial charge in [0.1, 0.15) is 0 Å². The normalized spacial score (nSPS) is 19.5. The number of aryl methyl sites for hydroxylation is 1. The van der Waals surface area contributed by atoms with E-state index in [1.54, 1.807) is 18.0 Å². The summed E-state index contributed by atoms with van der Waals surface area (Å²) < 4.78 is 0. The van der Waals surface area contributed by atoms with Gasteiger partial charge in [-0.1, -0.05) is 18.2 Å². The van der Waals surface area contributed by atoms with E-state index in [0.717, 1.165) is 5.56 Å². The number of hydrogen-bond acceptors (Lipinski definition) is 2. The maximum atomic E-state index is 12.0. The minimum atomic E-state index is -0.101. The molecule has 1 N–H and O–H groups in total. The van der Waals surface area contributed by atoms with Gasteiger partial charge in [0.05, 0.1) is 6.04 Å². The van der Waals surface area contributed by atoms with Crippen LogP contribution in [-0.2, 0) is 4.79 Å². The van der Waals surface area contributed by atoms with Crippen LogP contribution < -0.4 is 5.32 Å². The van der Waals surface area contributed by atoms with Gasteiger partial charge in [-0.05, 0) is 18.6 Å². The molecule has 1 aliphatic rings. The van der Waals surface area contributed by atoms with Gasteiger partial charge < -0.3 is 10.2 Å². The maximum absolute atomic E-state index is 12.0. The summed E-state index contributed by atoms with van der Waals surface area (Å²) in [4.78, 5) is 25.0. The molecule has 90 valence electrons. The van der Waals surface area contributed by atoms with Crippen molar-refractivity contribution >= 4 is 11.8 Å². The van der Waals surface area contributed by atoms with Crippen molar-refractivity contribution in [3.05, 3.63) is 35.4 Å². The number of rotatable bonds is 2. The lowest BCUT2D eigenvalue weighted by Crippen LogP contribution is -2.36. The first-order valence-electron chi connectivity index (χ1n) is 5.68. The topological polar surface area (TPSA) is 49.4 Å². The van der Waals surface area contributed by atoms with Crippen LogP contribution in [0.2, 0.25) is 0 Å². The molecule has 17 heavy (non-hydrogen) atoms. The molecule has 0 aromatic heterocycles. The van der Waals surface area contributed by atoms with Crippen LogP contribution in [0.3, 0.4) is 0 Å². The standard InChI is InChI=1S/C13H16N2O2/c1-9-5-3-4-6-11(9)13(17)14-10-7-12(16)15(2)8-10/h3-6,10H,7-8H2,1-2H3,(H,14,17)/t10-/m0/s1. The smallest absolute Gasteiger partial charge is 0.251 e. The molecule has 0 saturated carbocycles. The van der Waals surface area contributed by atoms with Crippen molar-refractivity contribution in [1.82, 2.24) is 10.2 Å². The predicted octanol–water partition coefficient (Wildman–Crippen LogP) is 0.956. The lowest BCUT2D eigenvalue weighted by Gasteiger charge is -2.13. The molecule has 1 aliphatic heterocycles. The number of amides is 2. The number of benzene rings is 1. The first-order chi connectivity index (χ1) is 8.08. The second-order valence-electron chi connectivity index (χ2n) is 4.46. The number of nitrogens with zero attached hydrogens (tertiary/aromatic N) is 1. The van der Waals surface area contributed by atoms with Crippen molar-refractivity contribution in [2.45, 2.75) is 19.4 Å². The summed E-state index contributed by atoms with van der Waals surface area (Å²) in [5.41, 5.74) is 1.62. The van der Waals surface area contributed by atoms with E-state index in [-0.39, 0.29) is 17.9 Å². The zero-order valence-corrected chi connectivity index (χ0v) is 10.1. The Hall–Kier alpha value is -1.84. The SMILES string of the molecule is Cc1ccccc1C(=O)N[C@H]1CC(=O)N(C)C1. The summed E-state index contributed by atoms with van der Waals surface area (Å²) in [5.74, 6) is -0.0173. The summed E-state index contributed by atoms with van der Waals surface area (Å²) >= 11 is 0. The molecule has 0 spiro atoms. The first-order valence-corrected chi connectivity index (χ1v) is 5.68. The molecule has 0 aliphatic carbocycles. The average Bonchev–Trinajstić information content (AvgIpc) is 2.58. The summed E-state index contributed by atoms with van der Waals surface area (Å²) in [6.07, 6.45) is 0.397. The Morgan fingerprint density at radius 1 is 1.41 bits per heavy atom. The molecule has 4 nitrogen and oxygen atoms in total. The fourth-order valence-corrected chi connectivity index (χ4v) is 2.05. The van der Waals surface area contributed by atoms with E-state index in [1.165, 1.54) is 0 Å². The molecule has 2 amide bonds. The van der Waals surface area contributed by atoms with Crippen molar-refractivity contribution in [1.29, 1.82) is 0 Å². The Morgan fingerprint density at radius 2 is 2.12 bits per heavy atom. The van der Waals surface area contributed by atoms with Crippen molar-refractivity contribution in [2.24, 2.45) is 0 Å². The summed E-state index contributed by atoms with van der Waals surface area (Å²) in [6, 6.07) is 7.37. The Balaban J connectivity index is 2.03. The lowest BCUT2D eigenvalue weighted by molar-refractivity contribution is -0.126. The number of carbonyl (C=O) groups excluding carboxylic acids is 2. The van der Waals surface area contributed by atoms with E-state index in [9.17, 15) is 9.59 Å². The molecule has 1 fully saturated rings. The van der Waals surface area contributed by atoms with Gasteiger partial charge in [-0.15, -0.1) is 0 Å². The van der Waals surface area contributed by atoms with Crippen LogP contribution in [0, 0.1) is 6.92 Å². The van der Waals surface area contributed by atoms with E-state index in [2.05, 4.69) is 5.32 Å². The van der Waals surface area contributed by atoms with Crippen molar-refractivity contribution in [3.63, 3.8) is 0 Å². The quantitative estimate of drug-likeness (QED) is 0.825. The van der Waals surface area contributed by atoms with Gasteiger partial charge in [-0.3, -0.25) is 9.59 Å². The molecular formula is C13H16N2O2. The Morgan fingerprint density at radius 3 is 2.71 bits per heavy atom. The van der Waals surface area contributed by atoms with Gasteiger partial charge in [-0.25, -0.2) is 0 Å². The highest BCUT2D eigenvalue weighted by Crippen LogP contribution is 2.11. The molecule has 1 saturated heterocycles.